The molecule has 15 heavy (non-hydrogen) atoms. The molecule has 88 valence electrons. The summed E-state index contributed by atoms with van der Waals surface area (Å²) in [5.41, 5.74) is 0. The van der Waals surface area contributed by atoms with E-state index in [1.54, 1.807) is 6.42 Å². The molecule has 2 rings (SSSR count). The fraction of sp³-hybridized carbons (Fsp3) is 1.00. The monoisotopic (exact) mass is 208 g/mol. The summed E-state index contributed by atoms with van der Waals surface area (Å²) in [6.07, 6.45) is 10.5. The topological polar surface area (TPSA) is 0 Å². The molecule has 0 spiro atoms. The van der Waals surface area contributed by atoms with Crippen molar-refractivity contribution in [3.8, 4) is 0 Å². The number of fused-ring (bicyclic) bond motifs is 1. The normalized spacial score (nSPS) is 46.2. The van der Waals surface area contributed by atoms with Crippen LogP contribution in [-0.4, -0.2) is 0 Å². The molecule has 0 aromatic carbocycles. The van der Waals surface area contributed by atoms with Crippen LogP contribution in [0, 0.1) is 29.6 Å². The molecule has 5 unspecified atom stereocenters. The van der Waals surface area contributed by atoms with Crippen LogP contribution in [0.1, 0.15) is 65.7 Å². The SMILES string of the molecule is CCC1CCCC2C(C)CCC(CC)C12. The average molecular weight is 208 g/mol. The minimum atomic E-state index is 1.02. The second-order valence-electron chi connectivity index (χ2n) is 6.06. The van der Waals surface area contributed by atoms with Crippen molar-refractivity contribution in [1.29, 1.82) is 0 Å². The highest BCUT2D eigenvalue weighted by atomic mass is 14.5. The molecule has 2 saturated carbocycles. The van der Waals surface area contributed by atoms with E-state index in [2.05, 4.69) is 20.8 Å². The van der Waals surface area contributed by atoms with Crippen LogP contribution in [0.4, 0.5) is 0 Å². The van der Waals surface area contributed by atoms with E-state index in [-0.39, 0.29) is 0 Å². The Morgan fingerprint density at radius 2 is 1.53 bits per heavy atom. The molecule has 0 aromatic heterocycles. The zero-order chi connectivity index (χ0) is 10.8. The molecule has 5 atom stereocenters. The Hall–Kier alpha value is 0. The highest BCUT2D eigenvalue weighted by Crippen LogP contribution is 2.50. The fourth-order valence-corrected chi connectivity index (χ4v) is 4.58. The van der Waals surface area contributed by atoms with Gasteiger partial charge in [0.25, 0.3) is 0 Å². The molecule has 0 aromatic rings. The van der Waals surface area contributed by atoms with E-state index < -0.39 is 0 Å². The highest BCUT2D eigenvalue weighted by molar-refractivity contribution is 4.91. The first kappa shape index (κ1) is 11.5. The minimum Gasteiger partial charge on any atom is -0.0651 e. The van der Waals surface area contributed by atoms with Gasteiger partial charge in [-0.05, 0) is 42.4 Å². The van der Waals surface area contributed by atoms with Gasteiger partial charge < -0.3 is 0 Å². The van der Waals surface area contributed by atoms with Crippen molar-refractivity contribution in [2.24, 2.45) is 29.6 Å². The average Bonchev–Trinajstić information content (AvgIpc) is 2.29. The lowest BCUT2D eigenvalue weighted by molar-refractivity contribution is 0.00915. The van der Waals surface area contributed by atoms with Gasteiger partial charge in [0.2, 0.25) is 0 Å². The smallest absolute Gasteiger partial charge is 0.0327 e. The lowest BCUT2D eigenvalue weighted by atomic mass is 9.57. The third-order valence-electron chi connectivity index (χ3n) is 5.47. The van der Waals surface area contributed by atoms with Gasteiger partial charge in [-0.2, -0.15) is 0 Å². The molecule has 2 aliphatic carbocycles. The van der Waals surface area contributed by atoms with Crippen LogP contribution in [0.2, 0.25) is 0 Å². The Morgan fingerprint density at radius 3 is 2.20 bits per heavy atom. The maximum atomic E-state index is 2.52. The third kappa shape index (κ3) is 2.10. The van der Waals surface area contributed by atoms with Crippen molar-refractivity contribution in [1.82, 2.24) is 0 Å². The molecule has 0 amide bonds. The predicted octanol–water partition coefficient (Wildman–Crippen LogP) is 4.89. The Bertz CT molecular complexity index is 190. The summed E-state index contributed by atoms with van der Waals surface area (Å²) >= 11 is 0. The standard InChI is InChI=1S/C15H28/c1-4-12-7-6-8-14-11(3)9-10-13(5-2)15(12)14/h11-15H,4-10H2,1-3H3. The van der Waals surface area contributed by atoms with Gasteiger partial charge >= 0.3 is 0 Å². The molecular weight excluding hydrogens is 180 g/mol. The van der Waals surface area contributed by atoms with E-state index in [0.717, 1.165) is 29.6 Å². The zero-order valence-corrected chi connectivity index (χ0v) is 10.8. The van der Waals surface area contributed by atoms with Gasteiger partial charge in [0.15, 0.2) is 0 Å². The van der Waals surface area contributed by atoms with E-state index in [0.29, 0.717) is 0 Å². The summed E-state index contributed by atoms with van der Waals surface area (Å²) in [6.45, 7) is 7.35. The summed E-state index contributed by atoms with van der Waals surface area (Å²) in [5, 5.41) is 0. The third-order valence-corrected chi connectivity index (χ3v) is 5.47. The van der Waals surface area contributed by atoms with Gasteiger partial charge in [-0.1, -0.05) is 52.9 Å². The summed E-state index contributed by atoms with van der Waals surface area (Å²) < 4.78 is 0. The van der Waals surface area contributed by atoms with E-state index in [1.807, 2.05) is 0 Å². The Labute approximate surface area is 95.8 Å². The molecule has 0 N–H and O–H groups in total. The molecule has 2 fully saturated rings. The van der Waals surface area contributed by atoms with E-state index >= 15 is 0 Å². The minimum absolute atomic E-state index is 1.02. The quantitative estimate of drug-likeness (QED) is 0.606. The second kappa shape index (κ2) is 4.89. The maximum absolute atomic E-state index is 2.52. The van der Waals surface area contributed by atoms with Gasteiger partial charge in [0.1, 0.15) is 0 Å². The molecule has 0 bridgehead atoms. The number of hydrogen-bond acceptors (Lipinski definition) is 0. The molecule has 0 aliphatic heterocycles. The lowest BCUT2D eigenvalue weighted by Crippen LogP contribution is -2.40. The zero-order valence-electron chi connectivity index (χ0n) is 10.8. The molecule has 0 radical (unpaired) electrons. The molecule has 0 saturated heterocycles. The van der Waals surface area contributed by atoms with Gasteiger partial charge in [0, 0.05) is 0 Å². The van der Waals surface area contributed by atoms with Crippen LogP contribution in [0.3, 0.4) is 0 Å². The van der Waals surface area contributed by atoms with Crippen molar-refractivity contribution in [3.05, 3.63) is 0 Å². The second-order valence-corrected chi connectivity index (χ2v) is 6.06. The van der Waals surface area contributed by atoms with Crippen LogP contribution >= 0.6 is 0 Å². The number of rotatable bonds is 2. The van der Waals surface area contributed by atoms with Gasteiger partial charge in [-0.25, -0.2) is 0 Å². The van der Waals surface area contributed by atoms with Crippen LogP contribution in [-0.2, 0) is 0 Å². The van der Waals surface area contributed by atoms with Gasteiger partial charge in [-0.3, -0.25) is 0 Å². The Balaban J connectivity index is 2.14. The van der Waals surface area contributed by atoms with Gasteiger partial charge in [0.05, 0.1) is 0 Å². The lowest BCUT2D eigenvalue weighted by Gasteiger charge is -2.49. The van der Waals surface area contributed by atoms with E-state index in [4.69, 9.17) is 0 Å². The number of hydrogen-bond donors (Lipinski definition) is 0. The first-order valence-electron chi connectivity index (χ1n) is 7.27. The molecule has 0 nitrogen and oxygen atoms in total. The van der Waals surface area contributed by atoms with Crippen LogP contribution in [0.5, 0.6) is 0 Å². The largest absolute Gasteiger partial charge is 0.0651 e. The van der Waals surface area contributed by atoms with Crippen molar-refractivity contribution in [2.75, 3.05) is 0 Å². The first-order valence-corrected chi connectivity index (χ1v) is 7.27. The predicted molar refractivity (Wildman–Crippen MR) is 66.8 cm³/mol. The van der Waals surface area contributed by atoms with Crippen LogP contribution in [0.15, 0.2) is 0 Å². The summed E-state index contributed by atoms with van der Waals surface area (Å²) in [5.74, 6) is 5.33. The summed E-state index contributed by atoms with van der Waals surface area (Å²) in [4.78, 5) is 0. The van der Waals surface area contributed by atoms with Crippen molar-refractivity contribution in [3.63, 3.8) is 0 Å². The molecular formula is C15H28. The van der Waals surface area contributed by atoms with Crippen molar-refractivity contribution in [2.45, 2.75) is 65.7 Å². The van der Waals surface area contributed by atoms with Crippen molar-refractivity contribution < 1.29 is 0 Å². The van der Waals surface area contributed by atoms with Crippen molar-refractivity contribution >= 4 is 0 Å². The Morgan fingerprint density at radius 1 is 0.867 bits per heavy atom. The van der Waals surface area contributed by atoms with Gasteiger partial charge in [-0.15, -0.1) is 0 Å². The highest BCUT2D eigenvalue weighted by Gasteiger charge is 2.41. The fourth-order valence-electron chi connectivity index (χ4n) is 4.58. The maximum Gasteiger partial charge on any atom is -0.0327 e. The first-order chi connectivity index (χ1) is 7.27. The Kier molecular flexibility index (Phi) is 3.74. The molecule has 0 heterocycles. The van der Waals surface area contributed by atoms with Crippen LogP contribution in [0.25, 0.3) is 0 Å². The molecule has 0 heteroatoms. The summed E-state index contributed by atoms with van der Waals surface area (Å²) in [7, 11) is 0. The van der Waals surface area contributed by atoms with E-state index in [9.17, 15) is 0 Å². The van der Waals surface area contributed by atoms with Crippen LogP contribution < -0.4 is 0 Å². The molecule has 2 aliphatic rings. The van der Waals surface area contributed by atoms with E-state index in [1.165, 1.54) is 38.5 Å². The summed E-state index contributed by atoms with van der Waals surface area (Å²) in [6, 6.07) is 0.